The third-order valence-corrected chi connectivity index (χ3v) is 4.08. The number of halogens is 2. The third kappa shape index (κ3) is 2.99. The van der Waals surface area contributed by atoms with Crippen molar-refractivity contribution in [3.05, 3.63) is 56.8 Å². The molecule has 0 bridgehead atoms. The third-order valence-electron chi connectivity index (χ3n) is 3.33. The minimum atomic E-state index is 0.295. The number of aromatic amines is 1. The highest BCUT2D eigenvalue weighted by molar-refractivity contribution is 7.71. The predicted octanol–water partition coefficient (Wildman–Crippen LogP) is 5.06. The minimum absolute atomic E-state index is 0.295. The first-order valence-corrected chi connectivity index (χ1v) is 7.63. The Bertz CT molecular complexity index is 980. The monoisotopic (exact) mass is 361 g/mol. The van der Waals surface area contributed by atoms with E-state index in [2.05, 4.69) is 20.0 Å². The Kier molecular flexibility index (Phi) is 4.18. The molecule has 0 saturated heterocycles. The number of aromatic nitrogens is 4. The van der Waals surface area contributed by atoms with Gasteiger partial charge in [0.1, 0.15) is 10.3 Å². The van der Waals surface area contributed by atoms with Gasteiger partial charge in [0.15, 0.2) is 16.3 Å². The molecule has 1 aromatic carbocycles. The standard InChI is InChI=1S/C15H9Cl2N5S/c1-18-9-3-4-10(8-5-12(16)19-13(17)6-8)11(7-9)14-20-21-15(23)22(14)2/h3-7H,2H3,(H,21,23). The van der Waals surface area contributed by atoms with Gasteiger partial charge in [0.25, 0.3) is 0 Å². The van der Waals surface area contributed by atoms with Gasteiger partial charge in [-0.15, -0.1) is 0 Å². The van der Waals surface area contributed by atoms with Crippen molar-refractivity contribution in [2.45, 2.75) is 0 Å². The summed E-state index contributed by atoms with van der Waals surface area (Å²) < 4.78 is 2.23. The lowest BCUT2D eigenvalue weighted by molar-refractivity contribution is 0.902. The van der Waals surface area contributed by atoms with Crippen LogP contribution in [0.3, 0.4) is 0 Å². The molecule has 8 heteroatoms. The van der Waals surface area contributed by atoms with Gasteiger partial charge in [-0.3, -0.25) is 5.10 Å². The largest absolute Gasteiger partial charge is 0.303 e. The molecule has 0 unspecified atom stereocenters. The molecule has 0 fully saturated rings. The Morgan fingerprint density at radius 2 is 1.87 bits per heavy atom. The van der Waals surface area contributed by atoms with E-state index in [4.69, 9.17) is 42.0 Å². The number of hydrogen-bond donors (Lipinski definition) is 1. The summed E-state index contributed by atoms with van der Waals surface area (Å²) in [5, 5.41) is 7.59. The van der Waals surface area contributed by atoms with Crippen molar-refractivity contribution in [1.29, 1.82) is 0 Å². The van der Waals surface area contributed by atoms with Crippen LogP contribution in [0.1, 0.15) is 0 Å². The summed E-state index contributed by atoms with van der Waals surface area (Å²) in [7, 11) is 1.81. The van der Waals surface area contributed by atoms with Crippen molar-refractivity contribution < 1.29 is 0 Å². The van der Waals surface area contributed by atoms with E-state index in [1.807, 2.05) is 13.1 Å². The summed E-state index contributed by atoms with van der Waals surface area (Å²) in [4.78, 5) is 7.43. The van der Waals surface area contributed by atoms with Gasteiger partial charge in [-0.25, -0.2) is 9.83 Å². The van der Waals surface area contributed by atoms with E-state index >= 15 is 0 Å². The summed E-state index contributed by atoms with van der Waals surface area (Å²) in [6, 6.07) is 8.75. The highest BCUT2D eigenvalue weighted by Crippen LogP contribution is 2.35. The molecule has 0 saturated carbocycles. The Labute approximate surface area is 147 Å². The summed E-state index contributed by atoms with van der Waals surface area (Å²) >= 11 is 17.2. The van der Waals surface area contributed by atoms with Crippen LogP contribution in [0.15, 0.2) is 30.3 Å². The van der Waals surface area contributed by atoms with E-state index in [-0.39, 0.29) is 0 Å². The van der Waals surface area contributed by atoms with E-state index in [1.165, 1.54) is 0 Å². The second kappa shape index (κ2) is 6.13. The summed E-state index contributed by atoms with van der Waals surface area (Å²) in [6.45, 7) is 7.22. The van der Waals surface area contributed by atoms with E-state index in [0.29, 0.717) is 26.6 Å². The van der Waals surface area contributed by atoms with Crippen LogP contribution in [-0.2, 0) is 7.05 Å². The highest BCUT2D eigenvalue weighted by Gasteiger charge is 2.14. The van der Waals surface area contributed by atoms with Gasteiger partial charge in [-0.05, 0) is 41.5 Å². The number of hydrogen-bond acceptors (Lipinski definition) is 3. The summed E-state index contributed by atoms with van der Waals surface area (Å²) in [5.74, 6) is 0.625. The zero-order chi connectivity index (χ0) is 16.6. The molecule has 2 aromatic heterocycles. The quantitative estimate of drug-likeness (QED) is 0.394. The lowest BCUT2D eigenvalue weighted by Crippen LogP contribution is -1.95. The molecule has 0 radical (unpaired) electrons. The number of H-pyrrole nitrogens is 1. The van der Waals surface area contributed by atoms with Crippen molar-refractivity contribution in [2.24, 2.45) is 7.05 Å². The van der Waals surface area contributed by atoms with Gasteiger partial charge in [0.2, 0.25) is 0 Å². The number of pyridine rings is 1. The molecule has 5 nitrogen and oxygen atoms in total. The summed E-state index contributed by atoms with van der Waals surface area (Å²) in [6.07, 6.45) is 0. The molecule has 0 spiro atoms. The van der Waals surface area contributed by atoms with Crippen LogP contribution < -0.4 is 0 Å². The fraction of sp³-hybridized carbons (Fsp3) is 0.0667. The molecule has 2 heterocycles. The molecule has 114 valence electrons. The second-order valence-electron chi connectivity index (χ2n) is 4.75. The zero-order valence-corrected chi connectivity index (χ0v) is 14.2. The molecule has 3 rings (SSSR count). The van der Waals surface area contributed by atoms with E-state index in [9.17, 15) is 0 Å². The highest BCUT2D eigenvalue weighted by atomic mass is 35.5. The number of rotatable bonds is 2. The van der Waals surface area contributed by atoms with Crippen LogP contribution in [-0.4, -0.2) is 19.7 Å². The fourth-order valence-electron chi connectivity index (χ4n) is 2.25. The first-order chi connectivity index (χ1) is 11.0. The van der Waals surface area contributed by atoms with Crippen molar-refractivity contribution in [3.8, 4) is 22.5 Å². The fourth-order valence-corrected chi connectivity index (χ4v) is 2.84. The van der Waals surface area contributed by atoms with Gasteiger partial charge >= 0.3 is 0 Å². The van der Waals surface area contributed by atoms with Crippen LogP contribution in [0.25, 0.3) is 27.4 Å². The topological polar surface area (TPSA) is 50.9 Å². The van der Waals surface area contributed by atoms with Crippen molar-refractivity contribution in [2.75, 3.05) is 0 Å². The lowest BCUT2D eigenvalue weighted by atomic mass is 9.99. The maximum absolute atomic E-state index is 7.22. The van der Waals surface area contributed by atoms with Gasteiger partial charge in [0, 0.05) is 12.6 Å². The molecule has 0 aliphatic carbocycles. The molecule has 3 aromatic rings. The Morgan fingerprint density at radius 3 is 2.43 bits per heavy atom. The number of nitrogens with zero attached hydrogens (tertiary/aromatic N) is 4. The first-order valence-electron chi connectivity index (χ1n) is 6.46. The predicted molar refractivity (Wildman–Crippen MR) is 93.3 cm³/mol. The van der Waals surface area contributed by atoms with E-state index in [1.54, 1.807) is 28.8 Å². The molecule has 0 amide bonds. The van der Waals surface area contributed by atoms with Crippen LogP contribution >= 0.6 is 35.4 Å². The van der Waals surface area contributed by atoms with Crippen LogP contribution in [0.5, 0.6) is 0 Å². The Hall–Kier alpha value is -2.20. The van der Waals surface area contributed by atoms with Gasteiger partial charge in [-0.1, -0.05) is 35.3 Å². The first kappa shape index (κ1) is 15.7. The van der Waals surface area contributed by atoms with E-state index in [0.717, 1.165) is 16.7 Å². The molecule has 0 aliphatic heterocycles. The maximum atomic E-state index is 7.22. The smallest absolute Gasteiger partial charge is 0.195 e. The Balaban J connectivity index is 2.31. The van der Waals surface area contributed by atoms with Gasteiger partial charge < -0.3 is 4.57 Å². The second-order valence-corrected chi connectivity index (χ2v) is 5.92. The normalized spacial score (nSPS) is 10.5. The maximum Gasteiger partial charge on any atom is 0.195 e. The molecular weight excluding hydrogens is 353 g/mol. The van der Waals surface area contributed by atoms with Crippen LogP contribution in [0.4, 0.5) is 5.69 Å². The average molecular weight is 362 g/mol. The molecular formula is C15H9Cl2N5S. The molecule has 23 heavy (non-hydrogen) atoms. The number of nitrogens with one attached hydrogen (secondary N) is 1. The summed E-state index contributed by atoms with van der Waals surface area (Å²) in [5.41, 5.74) is 2.88. The minimum Gasteiger partial charge on any atom is -0.303 e. The lowest BCUT2D eigenvalue weighted by Gasteiger charge is -2.10. The molecule has 0 atom stereocenters. The van der Waals surface area contributed by atoms with Crippen molar-refractivity contribution >= 4 is 41.1 Å². The van der Waals surface area contributed by atoms with E-state index < -0.39 is 0 Å². The van der Waals surface area contributed by atoms with Crippen molar-refractivity contribution in [3.63, 3.8) is 0 Å². The average Bonchev–Trinajstić information content (AvgIpc) is 2.85. The number of benzene rings is 1. The van der Waals surface area contributed by atoms with Crippen LogP contribution in [0.2, 0.25) is 10.3 Å². The van der Waals surface area contributed by atoms with Gasteiger partial charge in [0.05, 0.1) is 6.57 Å². The molecule has 1 N–H and O–H groups in total. The molecule has 0 aliphatic rings. The van der Waals surface area contributed by atoms with Crippen molar-refractivity contribution in [1.82, 2.24) is 19.7 Å². The van der Waals surface area contributed by atoms with Crippen LogP contribution in [0, 0.1) is 11.3 Å². The van der Waals surface area contributed by atoms with Gasteiger partial charge in [-0.2, -0.15) is 5.10 Å². The Morgan fingerprint density at radius 1 is 1.17 bits per heavy atom. The zero-order valence-electron chi connectivity index (χ0n) is 11.8. The SMILES string of the molecule is [C-]#[N+]c1ccc(-c2cc(Cl)nc(Cl)c2)c(-c2n[nH]c(=S)n2C)c1.